The molecule has 0 aliphatic heterocycles. The average Bonchev–Trinajstić information content (AvgIpc) is 2.26. The number of hydrogen-bond acceptors (Lipinski definition) is 4. The Hall–Kier alpha value is -1.49. The van der Waals surface area contributed by atoms with Crippen LogP contribution in [0.2, 0.25) is 0 Å². The summed E-state index contributed by atoms with van der Waals surface area (Å²) in [6, 6.07) is 0. The van der Waals surface area contributed by atoms with E-state index in [2.05, 4.69) is 9.97 Å². The van der Waals surface area contributed by atoms with Crippen molar-refractivity contribution in [3.05, 3.63) is 24.3 Å². The second-order valence-corrected chi connectivity index (χ2v) is 2.96. The Morgan fingerprint density at radius 1 is 1.57 bits per heavy atom. The zero-order valence-electron chi connectivity index (χ0n) is 8.18. The lowest BCUT2D eigenvalue weighted by molar-refractivity contribution is 0.0788. The number of aromatic nitrogens is 2. The van der Waals surface area contributed by atoms with Crippen LogP contribution in [0.1, 0.15) is 16.9 Å². The van der Waals surface area contributed by atoms with E-state index < -0.39 is 0 Å². The Labute approximate surface area is 83.0 Å². The lowest BCUT2D eigenvalue weighted by Crippen LogP contribution is -2.29. The zero-order chi connectivity index (χ0) is 10.4. The van der Waals surface area contributed by atoms with Gasteiger partial charge in [0.15, 0.2) is 0 Å². The smallest absolute Gasteiger partial charge is 0.273 e. The Kier molecular flexibility index (Phi) is 4.00. The van der Waals surface area contributed by atoms with Crippen LogP contribution in [0.25, 0.3) is 0 Å². The van der Waals surface area contributed by atoms with Crippen molar-refractivity contribution in [1.82, 2.24) is 14.9 Å². The Morgan fingerprint density at radius 2 is 2.36 bits per heavy atom. The van der Waals surface area contributed by atoms with Crippen LogP contribution < -0.4 is 5.73 Å². The van der Waals surface area contributed by atoms with Crippen LogP contribution in [-0.4, -0.2) is 40.9 Å². The van der Waals surface area contributed by atoms with Gasteiger partial charge in [-0.3, -0.25) is 9.78 Å². The molecule has 5 nitrogen and oxygen atoms in total. The molecule has 2 N–H and O–H groups in total. The largest absolute Gasteiger partial charge is 0.340 e. The Bertz CT molecular complexity index is 288. The van der Waals surface area contributed by atoms with Gasteiger partial charge in [0.2, 0.25) is 0 Å². The van der Waals surface area contributed by atoms with E-state index in [1.807, 2.05) is 0 Å². The molecule has 0 spiro atoms. The van der Waals surface area contributed by atoms with Crippen LogP contribution in [0.15, 0.2) is 18.6 Å². The third-order valence-electron chi connectivity index (χ3n) is 1.83. The van der Waals surface area contributed by atoms with Gasteiger partial charge in [0.25, 0.3) is 5.91 Å². The van der Waals surface area contributed by atoms with Crippen molar-refractivity contribution < 1.29 is 4.79 Å². The van der Waals surface area contributed by atoms with E-state index >= 15 is 0 Å². The molecule has 0 aromatic carbocycles. The molecule has 0 aliphatic carbocycles. The van der Waals surface area contributed by atoms with Gasteiger partial charge in [-0.15, -0.1) is 0 Å². The third kappa shape index (κ3) is 2.77. The Balaban J connectivity index is 2.57. The van der Waals surface area contributed by atoms with E-state index in [9.17, 15) is 4.79 Å². The molecule has 1 aromatic heterocycles. The molecule has 0 aliphatic rings. The van der Waals surface area contributed by atoms with Gasteiger partial charge in [-0.25, -0.2) is 4.98 Å². The fraction of sp³-hybridized carbons (Fsp3) is 0.444. The quantitative estimate of drug-likeness (QED) is 0.726. The number of nitrogens with two attached hydrogens (primary N) is 1. The second-order valence-electron chi connectivity index (χ2n) is 2.96. The van der Waals surface area contributed by atoms with Crippen LogP contribution in [-0.2, 0) is 0 Å². The molecule has 0 atom stereocenters. The van der Waals surface area contributed by atoms with Gasteiger partial charge < -0.3 is 10.6 Å². The van der Waals surface area contributed by atoms with Gasteiger partial charge in [-0.05, 0) is 13.0 Å². The van der Waals surface area contributed by atoms with Gasteiger partial charge in [-0.1, -0.05) is 0 Å². The predicted molar refractivity (Wildman–Crippen MR) is 52.7 cm³/mol. The van der Waals surface area contributed by atoms with E-state index in [0.717, 1.165) is 6.42 Å². The summed E-state index contributed by atoms with van der Waals surface area (Å²) in [6.07, 6.45) is 5.30. The maximum absolute atomic E-state index is 11.6. The molecule has 0 radical (unpaired) electrons. The lowest BCUT2D eigenvalue weighted by Gasteiger charge is -2.15. The minimum Gasteiger partial charge on any atom is -0.340 e. The highest BCUT2D eigenvalue weighted by atomic mass is 16.2. The number of carbonyl (C=O) groups excluding carboxylic acids is 1. The molecule has 0 saturated heterocycles. The topological polar surface area (TPSA) is 72.1 Å². The van der Waals surface area contributed by atoms with Crippen molar-refractivity contribution in [1.29, 1.82) is 0 Å². The normalized spacial score (nSPS) is 9.86. The van der Waals surface area contributed by atoms with E-state index in [1.54, 1.807) is 11.9 Å². The highest BCUT2D eigenvalue weighted by Gasteiger charge is 2.11. The molecular weight excluding hydrogens is 180 g/mol. The van der Waals surface area contributed by atoms with Crippen molar-refractivity contribution >= 4 is 5.91 Å². The van der Waals surface area contributed by atoms with Crippen molar-refractivity contribution in [2.24, 2.45) is 5.73 Å². The lowest BCUT2D eigenvalue weighted by atomic mass is 10.3. The van der Waals surface area contributed by atoms with Gasteiger partial charge in [0, 0.05) is 26.0 Å². The third-order valence-corrected chi connectivity index (χ3v) is 1.83. The first-order valence-corrected chi connectivity index (χ1v) is 4.47. The summed E-state index contributed by atoms with van der Waals surface area (Å²) in [4.78, 5) is 21.0. The van der Waals surface area contributed by atoms with Crippen LogP contribution >= 0.6 is 0 Å². The summed E-state index contributed by atoms with van der Waals surface area (Å²) in [7, 11) is 1.73. The summed E-state index contributed by atoms with van der Waals surface area (Å²) < 4.78 is 0. The molecule has 5 heteroatoms. The van der Waals surface area contributed by atoms with Gasteiger partial charge in [0.1, 0.15) is 5.69 Å². The summed E-state index contributed by atoms with van der Waals surface area (Å²) in [5.41, 5.74) is 5.72. The fourth-order valence-electron chi connectivity index (χ4n) is 1.04. The van der Waals surface area contributed by atoms with Crippen LogP contribution in [0.3, 0.4) is 0 Å². The first kappa shape index (κ1) is 10.6. The van der Waals surface area contributed by atoms with E-state index in [0.29, 0.717) is 18.8 Å². The maximum Gasteiger partial charge on any atom is 0.273 e. The van der Waals surface area contributed by atoms with Gasteiger partial charge in [-0.2, -0.15) is 0 Å². The standard InChI is InChI=1S/C9H14N4O/c1-13(6-2-3-10)9(14)8-7-11-4-5-12-8/h4-5,7H,2-3,6,10H2,1H3. The number of hydrogen-bond donors (Lipinski definition) is 1. The highest BCUT2D eigenvalue weighted by molar-refractivity contribution is 5.91. The van der Waals surface area contributed by atoms with Gasteiger partial charge >= 0.3 is 0 Å². The van der Waals surface area contributed by atoms with Crippen LogP contribution in [0.4, 0.5) is 0 Å². The van der Waals surface area contributed by atoms with Crippen molar-refractivity contribution in [3.8, 4) is 0 Å². The highest BCUT2D eigenvalue weighted by Crippen LogP contribution is 1.97. The number of carbonyl (C=O) groups is 1. The van der Waals surface area contributed by atoms with Crippen LogP contribution in [0.5, 0.6) is 0 Å². The Morgan fingerprint density at radius 3 is 2.93 bits per heavy atom. The molecule has 1 aromatic rings. The van der Waals surface area contributed by atoms with E-state index in [-0.39, 0.29) is 5.91 Å². The number of amides is 1. The number of nitrogens with zero attached hydrogens (tertiary/aromatic N) is 3. The molecule has 14 heavy (non-hydrogen) atoms. The molecule has 0 unspecified atom stereocenters. The molecule has 1 heterocycles. The molecule has 0 fully saturated rings. The minimum absolute atomic E-state index is 0.119. The SMILES string of the molecule is CN(CCCN)C(=O)c1cnccn1. The fourth-order valence-corrected chi connectivity index (χ4v) is 1.04. The molecular formula is C9H14N4O. The molecule has 1 amide bonds. The summed E-state index contributed by atoms with van der Waals surface area (Å²) in [5, 5.41) is 0. The van der Waals surface area contributed by atoms with Crippen molar-refractivity contribution in [3.63, 3.8) is 0 Å². The zero-order valence-corrected chi connectivity index (χ0v) is 8.18. The average molecular weight is 194 g/mol. The first-order valence-electron chi connectivity index (χ1n) is 4.47. The van der Waals surface area contributed by atoms with E-state index in [4.69, 9.17) is 5.73 Å². The molecule has 0 bridgehead atoms. The summed E-state index contributed by atoms with van der Waals surface area (Å²) in [6.45, 7) is 1.23. The molecule has 1 rings (SSSR count). The summed E-state index contributed by atoms with van der Waals surface area (Å²) in [5.74, 6) is -0.119. The molecule has 76 valence electrons. The van der Waals surface area contributed by atoms with E-state index in [1.165, 1.54) is 18.6 Å². The first-order chi connectivity index (χ1) is 6.75. The van der Waals surface area contributed by atoms with Gasteiger partial charge in [0.05, 0.1) is 6.20 Å². The van der Waals surface area contributed by atoms with Crippen LogP contribution in [0, 0.1) is 0 Å². The predicted octanol–water partition coefficient (Wildman–Crippen LogP) is -0.103. The monoisotopic (exact) mass is 194 g/mol. The summed E-state index contributed by atoms with van der Waals surface area (Å²) >= 11 is 0. The second kappa shape index (κ2) is 5.29. The molecule has 0 saturated carbocycles. The number of rotatable bonds is 4. The maximum atomic E-state index is 11.6. The van der Waals surface area contributed by atoms with Crippen molar-refractivity contribution in [2.75, 3.05) is 20.1 Å². The minimum atomic E-state index is -0.119. The van der Waals surface area contributed by atoms with Crippen molar-refractivity contribution in [2.45, 2.75) is 6.42 Å².